The molecule has 0 aromatic carbocycles. The van der Waals surface area contributed by atoms with Crippen molar-refractivity contribution in [1.82, 2.24) is 14.9 Å². The largest absolute Gasteiger partial charge is 0.481 e. The molecule has 7 nitrogen and oxygen atoms in total. The zero-order chi connectivity index (χ0) is 15.4. The first-order chi connectivity index (χ1) is 10.0. The van der Waals surface area contributed by atoms with Gasteiger partial charge in [-0.15, -0.1) is 0 Å². The Balaban J connectivity index is 2.26. The highest BCUT2D eigenvalue weighted by atomic mass is 35.5. The summed E-state index contributed by atoms with van der Waals surface area (Å²) in [5.41, 5.74) is 0.0910. The van der Waals surface area contributed by atoms with Gasteiger partial charge < -0.3 is 14.7 Å². The number of carbonyl (C=O) groups excluding carboxylic acids is 1. The van der Waals surface area contributed by atoms with Crippen LogP contribution >= 0.6 is 23.4 Å². The molecule has 2 rings (SSSR count). The lowest BCUT2D eigenvalue weighted by Gasteiger charge is -2.34. The van der Waals surface area contributed by atoms with E-state index >= 15 is 0 Å². The van der Waals surface area contributed by atoms with Crippen LogP contribution in [0.2, 0.25) is 5.02 Å². The number of carboxylic acid groups (broad SMARTS) is 1. The molecule has 1 N–H and O–H groups in total. The summed E-state index contributed by atoms with van der Waals surface area (Å²) in [6.45, 7) is 0.863. The monoisotopic (exact) mass is 331 g/mol. The quantitative estimate of drug-likeness (QED) is 0.653. The van der Waals surface area contributed by atoms with E-state index in [1.807, 2.05) is 0 Å². The van der Waals surface area contributed by atoms with E-state index in [1.165, 1.54) is 22.9 Å². The average Bonchev–Trinajstić information content (AvgIpc) is 2.47. The Morgan fingerprint density at radius 3 is 3.05 bits per heavy atom. The summed E-state index contributed by atoms with van der Waals surface area (Å²) < 4.78 is 5.25. The molecular weight excluding hydrogens is 318 g/mol. The van der Waals surface area contributed by atoms with E-state index in [4.69, 9.17) is 21.4 Å². The van der Waals surface area contributed by atoms with Gasteiger partial charge in [-0.25, -0.2) is 9.97 Å². The number of morpholine rings is 1. The van der Waals surface area contributed by atoms with Gasteiger partial charge in [0.25, 0.3) is 5.91 Å². The highest BCUT2D eigenvalue weighted by Crippen LogP contribution is 2.21. The minimum Gasteiger partial charge on any atom is -0.481 e. The first kappa shape index (κ1) is 16.0. The highest BCUT2D eigenvalue weighted by Gasteiger charge is 2.31. The lowest BCUT2D eigenvalue weighted by atomic mass is 10.1. The first-order valence-corrected chi connectivity index (χ1v) is 7.80. The molecule has 21 heavy (non-hydrogen) atoms. The van der Waals surface area contributed by atoms with Crippen LogP contribution in [0.1, 0.15) is 16.9 Å². The Kier molecular flexibility index (Phi) is 5.38. The number of aromatic nitrogens is 2. The number of ether oxygens (including phenoxy) is 1. The number of halogens is 1. The van der Waals surface area contributed by atoms with Crippen LogP contribution in [0.15, 0.2) is 11.4 Å². The number of carboxylic acids is 1. The van der Waals surface area contributed by atoms with Crippen LogP contribution in [0.4, 0.5) is 0 Å². The number of hydrogen-bond donors (Lipinski definition) is 1. The summed E-state index contributed by atoms with van der Waals surface area (Å²) in [5, 5.41) is 9.51. The van der Waals surface area contributed by atoms with Gasteiger partial charge >= 0.3 is 5.97 Å². The van der Waals surface area contributed by atoms with Gasteiger partial charge in [0.1, 0.15) is 0 Å². The van der Waals surface area contributed by atoms with Gasteiger partial charge in [-0.3, -0.25) is 9.59 Å². The second kappa shape index (κ2) is 7.06. The maximum Gasteiger partial charge on any atom is 0.305 e. The molecule has 1 unspecified atom stereocenters. The Morgan fingerprint density at radius 1 is 1.62 bits per heavy atom. The van der Waals surface area contributed by atoms with Crippen molar-refractivity contribution < 1.29 is 19.4 Å². The van der Waals surface area contributed by atoms with Crippen LogP contribution in [0.5, 0.6) is 0 Å². The molecule has 114 valence electrons. The third-order valence-corrected chi connectivity index (χ3v) is 3.84. The van der Waals surface area contributed by atoms with Crippen molar-refractivity contribution in [3.63, 3.8) is 0 Å². The molecule has 1 aromatic rings. The van der Waals surface area contributed by atoms with E-state index in [1.54, 1.807) is 6.26 Å². The molecule has 0 bridgehead atoms. The summed E-state index contributed by atoms with van der Waals surface area (Å²) >= 11 is 7.29. The van der Waals surface area contributed by atoms with Crippen molar-refractivity contribution in [1.29, 1.82) is 0 Å². The lowest BCUT2D eigenvalue weighted by Crippen LogP contribution is -2.49. The van der Waals surface area contributed by atoms with E-state index in [0.717, 1.165) is 0 Å². The van der Waals surface area contributed by atoms with E-state index in [0.29, 0.717) is 18.3 Å². The van der Waals surface area contributed by atoms with Crippen molar-refractivity contribution in [3.05, 3.63) is 16.9 Å². The van der Waals surface area contributed by atoms with Crippen molar-refractivity contribution in [3.8, 4) is 0 Å². The number of aliphatic carboxylic acids is 1. The third-order valence-electron chi connectivity index (χ3n) is 3.01. The van der Waals surface area contributed by atoms with Crippen molar-refractivity contribution in [2.45, 2.75) is 17.6 Å². The smallest absolute Gasteiger partial charge is 0.305 e. The molecule has 1 fully saturated rings. The summed E-state index contributed by atoms with van der Waals surface area (Å²) in [6.07, 6.45) is 2.99. The van der Waals surface area contributed by atoms with E-state index in [2.05, 4.69) is 9.97 Å². The fourth-order valence-corrected chi connectivity index (χ4v) is 2.54. The van der Waals surface area contributed by atoms with Crippen molar-refractivity contribution >= 4 is 35.2 Å². The summed E-state index contributed by atoms with van der Waals surface area (Å²) in [5.74, 6) is -1.38. The van der Waals surface area contributed by atoms with Crippen LogP contribution in [-0.4, -0.2) is 63.9 Å². The normalized spacial score (nSPS) is 18.6. The first-order valence-electron chi connectivity index (χ1n) is 6.20. The predicted molar refractivity (Wildman–Crippen MR) is 76.7 cm³/mol. The standard InChI is InChI=1S/C12H14ClN3O4S/c1-21-12-14-5-8(13)10(15-12)11(19)16-2-3-20-6-7(16)4-9(17)18/h5,7H,2-4,6H2,1H3,(H,17,18). The fourth-order valence-electron chi connectivity index (χ4n) is 2.03. The van der Waals surface area contributed by atoms with Gasteiger partial charge in [-0.1, -0.05) is 23.4 Å². The second-order valence-electron chi connectivity index (χ2n) is 4.38. The van der Waals surface area contributed by atoms with Gasteiger partial charge in [0, 0.05) is 6.54 Å². The van der Waals surface area contributed by atoms with Crippen LogP contribution in [0.3, 0.4) is 0 Å². The van der Waals surface area contributed by atoms with Crippen molar-refractivity contribution in [2.75, 3.05) is 26.0 Å². The average molecular weight is 332 g/mol. The molecule has 9 heteroatoms. The van der Waals surface area contributed by atoms with Crippen LogP contribution < -0.4 is 0 Å². The molecule has 1 aliphatic heterocycles. The van der Waals surface area contributed by atoms with E-state index in [-0.39, 0.29) is 23.7 Å². The zero-order valence-electron chi connectivity index (χ0n) is 11.3. The van der Waals surface area contributed by atoms with Gasteiger partial charge in [-0.2, -0.15) is 0 Å². The Bertz CT molecular complexity index is 557. The van der Waals surface area contributed by atoms with E-state index < -0.39 is 17.9 Å². The number of hydrogen-bond acceptors (Lipinski definition) is 6. The Hall–Kier alpha value is -1.38. The molecule has 0 spiro atoms. The molecule has 1 aromatic heterocycles. The highest BCUT2D eigenvalue weighted by molar-refractivity contribution is 7.98. The van der Waals surface area contributed by atoms with Crippen LogP contribution in [0, 0.1) is 0 Å². The topological polar surface area (TPSA) is 92.6 Å². The molecule has 0 aliphatic carbocycles. The molecule has 0 radical (unpaired) electrons. The minimum atomic E-state index is -0.984. The van der Waals surface area contributed by atoms with Gasteiger partial charge in [0.05, 0.1) is 36.9 Å². The predicted octanol–water partition coefficient (Wildman–Crippen LogP) is 1.17. The number of thioether (sulfide) groups is 1. The van der Waals surface area contributed by atoms with Gasteiger partial charge in [-0.05, 0) is 6.26 Å². The maximum absolute atomic E-state index is 12.6. The zero-order valence-corrected chi connectivity index (χ0v) is 12.9. The molecule has 1 saturated heterocycles. The number of nitrogens with zero attached hydrogens (tertiary/aromatic N) is 3. The molecular formula is C12H14ClN3O4S. The number of carbonyl (C=O) groups is 2. The third kappa shape index (κ3) is 3.84. The summed E-state index contributed by atoms with van der Waals surface area (Å²) in [7, 11) is 0. The molecule has 0 saturated carbocycles. The van der Waals surface area contributed by atoms with Crippen LogP contribution in [-0.2, 0) is 9.53 Å². The SMILES string of the molecule is CSc1ncc(Cl)c(C(=O)N2CCOCC2CC(=O)O)n1. The van der Waals surface area contributed by atoms with Gasteiger partial charge in [0.2, 0.25) is 0 Å². The molecule has 1 atom stereocenters. The van der Waals surface area contributed by atoms with E-state index in [9.17, 15) is 9.59 Å². The lowest BCUT2D eigenvalue weighted by molar-refractivity contribution is -0.139. The molecule has 1 amide bonds. The van der Waals surface area contributed by atoms with Gasteiger partial charge in [0.15, 0.2) is 10.9 Å². The summed E-state index contributed by atoms with van der Waals surface area (Å²) in [4.78, 5) is 33.0. The fraction of sp³-hybridized carbons (Fsp3) is 0.500. The number of rotatable bonds is 4. The Morgan fingerprint density at radius 2 is 2.38 bits per heavy atom. The minimum absolute atomic E-state index is 0.0910. The Labute approximate surface area is 130 Å². The van der Waals surface area contributed by atoms with Crippen molar-refractivity contribution in [2.24, 2.45) is 0 Å². The number of amides is 1. The second-order valence-corrected chi connectivity index (χ2v) is 5.56. The molecule has 2 heterocycles. The van der Waals surface area contributed by atoms with Crippen LogP contribution in [0.25, 0.3) is 0 Å². The summed E-state index contributed by atoms with van der Waals surface area (Å²) in [6, 6.07) is -0.521. The maximum atomic E-state index is 12.6. The molecule has 1 aliphatic rings.